The van der Waals surface area contributed by atoms with E-state index in [0.717, 1.165) is 12.8 Å². The Morgan fingerprint density at radius 1 is 1.32 bits per heavy atom. The van der Waals surface area contributed by atoms with Gasteiger partial charge in [-0.2, -0.15) is 8.42 Å². The first-order valence-corrected chi connectivity index (χ1v) is 14.9. The van der Waals surface area contributed by atoms with Crippen molar-refractivity contribution in [2.24, 2.45) is 11.5 Å². The summed E-state index contributed by atoms with van der Waals surface area (Å²) in [5, 5.41) is 11.0. The highest BCUT2D eigenvalue weighted by Crippen LogP contribution is 2.50. The summed E-state index contributed by atoms with van der Waals surface area (Å²) in [7, 11) is -7.19. The van der Waals surface area contributed by atoms with E-state index in [0.29, 0.717) is 50.8 Å². The molecule has 3 atom stereocenters. The second-order valence-corrected chi connectivity index (χ2v) is 12.2. The van der Waals surface area contributed by atoms with E-state index in [1.807, 2.05) is 0 Å². The summed E-state index contributed by atoms with van der Waals surface area (Å²) in [6.07, 6.45) is 2.76. The van der Waals surface area contributed by atoms with Crippen molar-refractivity contribution in [3.8, 4) is 0 Å². The van der Waals surface area contributed by atoms with Crippen LogP contribution in [0.5, 0.6) is 0 Å². The first-order valence-electron chi connectivity index (χ1n) is 9.64. The third kappa shape index (κ3) is 15.0. The van der Waals surface area contributed by atoms with Gasteiger partial charge >= 0.3 is 13.6 Å². The lowest BCUT2D eigenvalue weighted by Crippen LogP contribution is -2.40. The van der Waals surface area contributed by atoms with Crippen LogP contribution in [0, 0.1) is 0 Å². The van der Waals surface area contributed by atoms with E-state index < -0.39 is 29.8 Å². The lowest BCUT2D eigenvalue weighted by atomic mass is 10.1. The molecule has 7 N–H and O–H groups in total. The number of hydrogen-bond donors (Lipinski definition) is 5. The molecule has 1 rings (SSSR count). The standard InChI is InChI=1S/C9H19Cl2N2O5PS2.C6H14N2O2/c10-2-4-13(5-3-11)19(14)12-9(1-6-18-19)20-7-8-21(15,16)17;7-4-2-1-3-5(8)6(9)10/h9H,1-8H2,(H,12,14)(H,15,16,17);5H,1-4,7-8H2,(H,9,10)/t9-,19-;/m1./s1. The summed E-state index contributed by atoms with van der Waals surface area (Å²) < 4.78 is 49.8. The number of nitrogens with zero attached hydrogens (tertiary/aromatic N) is 1. The largest absolute Gasteiger partial charge is 0.480 e. The van der Waals surface area contributed by atoms with Crippen molar-refractivity contribution in [1.29, 1.82) is 0 Å². The number of carboxylic acids is 1. The zero-order chi connectivity index (χ0) is 23.9. The third-order valence-electron chi connectivity index (χ3n) is 3.96. The summed E-state index contributed by atoms with van der Waals surface area (Å²) in [6.45, 7) is 1.66. The van der Waals surface area contributed by atoms with E-state index in [-0.39, 0.29) is 16.9 Å². The van der Waals surface area contributed by atoms with Crippen molar-refractivity contribution in [2.75, 3.05) is 49.5 Å². The lowest BCUT2D eigenvalue weighted by molar-refractivity contribution is -0.138. The van der Waals surface area contributed by atoms with Crippen LogP contribution in [0.2, 0.25) is 0 Å². The molecule has 0 aromatic carbocycles. The number of aliphatic carboxylic acids is 1. The van der Waals surface area contributed by atoms with E-state index in [1.165, 1.54) is 11.8 Å². The fourth-order valence-corrected chi connectivity index (χ4v) is 7.44. The van der Waals surface area contributed by atoms with Gasteiger partial charge in [0.25, 0.3) is 10.1 Å². The van der Waals surface area contributed by atoms with Crippen LogP contribution in [0.4, 0.5) is 0 Å². The van der Waals surface area contributed by atoms with Crippen LogP contribution >= 0.6 is 42.6 Å². The van der Waals surface area contributed by atoms with Crippen LogP contribution in [0.1, 0.15) is 25.7 Å². The summed E-state index contributed by atoms with van der Waals surface area (Å²) in [5.74, 6) is -0.466. The van der Waals surface area contributed by atoms with Gasteiger partial charge < -0.3 is 21.1 Å². The van der Waals surface area contributed by atoms with Crippen molar-refractivity contribution >= 4 is 58.7 Å². The maximum Gasteiger partial charge on any atom is 0.344 e. The van der Waals surface area contributed by atoms with Gasteiger partial charge in [0.2, 0.25) is 0 Å². The number of halogens is 2. The van der Waals surface area contributed by atoms with Crippen molar-refractivity contribution in [2.45, 2.75) is 37.1 Å². The van der Waals surface area contributed by atoms with Crippen LogP contribution in [0.15, 0.2) is 0 Å². The van der Waals surface area contributed by atoms with E-state index >= 15 is 0 Å². The molecule has 31 heavy (non-hydrogen) atoms. The molecule has 0 aliphatic carbocycles. The molecule has 0 aromatic heterocycles. The number of nitrogens with one attached hydrogen (secondary N) is 1. The zero-order valence-electron chi connectivity index (χ0n) is 17.2. The summed E-state index contributed by atoms with van der Waals surface area (Å²) >= 11 is 12.7. The van der Waals surface area contributed by atoms with Crippen LogP contribution in [-0.2, 0) is 24.0 Å². The van der Waals surface area contributed by atoms with Gasteiger partial charge in [-0.15, -0.1) is 35.0 Å². The van der Waals surface area contributed by atoms with Gasteiger partial charge in [-0.1, -0.05) is 6.42 Å². The first kappa shape index (κ1) is 31.3. The molecule has 0 spiro atoms. The molecule has 0 aromatic rings. The number of rotatable bonds is 14. The van der Waals surface area contributed by atoms with Crippen LogP contribution in [0.25, 0.3) is 0 Å². The van der Waals surface area contributed by atoms with E-state index in [1.54, 1.807) is 4.67 Å². The predicted molar refractivity (Wildman–Crippen MR) is 126 cm³/mol. The van der Waals surface area contributed by atoms with E-state index in [4.69, 9.17) is 48.9 Å². The van der Waals surface area contributed by atoms with Crippen LogP contribution in [-0.4, -0.2) is 89.6 Å². The van der Waals surface area contributed by atoms with Gasteiger partial charge in [-0.25, -0.2) is 9.76 Å². The average Bonchev–Trinajstić information content (AvgIpc) is 2.67. The Kier molecular flexibility index (Phi) is 17.1. The second kappa shape index (κ2) is 16.9. The van der Waals surface area contributed by atoms with Crippen molar-refractivity contribution in [3.05, 3.63) is 0 Å². The highest BCUT2D eigenvalue weighted by molar-refractivity contribution is 8.01. The van der Waals surface area contributed by atoms with Crippen LogP contribution < -0.4 is 16.6 Å². The molecule has 1 aliphatic rings. The minimum atomic E-state index is -3.98. The Morgan fingerprint density at radius 3 is 2.42 bits per heavy atom. The van der Waals surface area contributed by atoms with Gasteiger partial charge in [0.05, 0.1) is 17.7 Å². The molecule has 1 saturated heterocycles. The minimum absolute atomic E-state index is 0.209. The summed E-state index contributed by atoms with van der Waals surface area (Å²) in [6, 6.07) is -0.716. The SMILES string of the molecule is NCCCCC(N)C(=O)O.O=[P@]1(N(CCCl)CCCl)N[C@H](SCCS(=O)(=O)O)CCO1. The van der Waals surface area contributed by atoms with Crippen LogP contribution in [0.3, 0.4) is 0 Å². The number of thioether (sulfide) groups is 1. The molecule has 1 aliphatic heterocycles. The Morgan fingerprint density at radius 2 is 1.94 bits per heavy atom. The number of unbranched alkanes of at least 4 members (excludes halogenated alkanes) is 1. The maximum atomic E-state index is 12.8. The van der Waals surface area contributed by atoms with Crippen molar-refractivity contribution < 1.29 is 32.0 Å². The molecule has 0 saturated carbocycles. The fraction of sp³-hybridized carbons (Fsp3) is 0.933. The monoisotopic (exact) mass is 546 g/mol. The number of nitrogens with two attached hydrogens (primary N) is 2. The Bertz CT molecular complexity index is 657. The van der Waals surface area contributed by atoms with E-state index in [2.05, 4.69) is 5.09 Å². The minimum Gasteiger partial charge on any atom is -0.480 e. The number of hydrogen-bond acceptors (Lipinski definition) is 8. The summed E-state index contributed by atoms with van der Waals surface area (Å²) in [4.78, 5) is 10.1. The van der Waals surface area contributed by atoms with Crippen molar-refractivity contribution in [1.82, 2.24) is 9.76 Å². The molecule has 186 valence electrons. The third-order valence-corrected chi connectivity index (χ3v) is 8.96. The smallest absolute Gasteiger partial charge is 0.344 e. The lowest BCUT2D eigenvalue weighted by Gasteiger charge is -2.36. The summed E-state index contributed by atoms with van der Waals surface area (Å²) in [5.41, 5.74) is 10.4. The molecule has 1 heterocycles. The molecule has 0 bridgehead atoms. The van der Waals surface area contributed by atoms with Gasteiger partial charge in [-0.05, 0) is 25.8 Å². The first-order chi connectivity index (χ1) is 14.5. The molecule has 1 fully saturated rings. The highest BCUT2D eigenvalue weighted by Gasteiger charge is 2.37. The average molecular weight is 547 g/mol. The maximum absolute atomic E-state index is 12.8. The molecular weight excluding hydrogens is 514 g/mol. The Labute approximate surface area is 198 Å². The second-order valence-electron chi connectivity index (χ2n) is 6.48. The number of alkyl halides is 2. The quantitative estimate of drug-likeness (QED) is 0.0912. The molecule has 11 nitrogen and oxygen atoms in total. The van der Waals surface area contributed by atoms with Gasteiger partial charge in [-0.3, -0.25) is 13.9 Å². The molecule has 16 heteroatoms. The molecule has 0 radical (unpaired) electrons. The predicted octanol–water partition coefficient (Wildman–Crippen LogP) is 1.36. The number of carbonyl (C=O) groups is 1. The normalized spacial score (nSPS) is 22.6. The zero-order valence-corrected chi connectivity index (χ0v) is 21.2. The highest BCUT2D eigenvalue weighted by atomic mass is 35.5. The molecule has 0 amide bonds. The Hall–Kier alpha value is 0.340. The molecule has 1 unspecified atom stereocenters. The topological polar surface area (TPSA) is 185 Å². The fourth-order valence-electron chi connectivity index (χ4n) is 2.35. The number of carboxylic acid groups (broad SMARTS) is 1. The Balaban J connectivity index is 0.000000759. The molecular formula is C15H33Cl2N4O7PS2. The van der Waals surface area contributed by atoms with Crippen molar-refractivity contribution in [3.63, 3.8) is 0 Å². The van der Waals surface area contributed by atoms with Gasteiger partial charge in [0.15, 0.2) is 0 Å². The van der Waals surface area contributed by atoms with Gasteiger partial charge in [0.1, 0.15) is 6.04 Å². The van der Waals surface area contributed by atoms with Gasteiger partial charge in [0, 0.05) is 30.6 Å². The van der Waals surface area contributed by atoms with E-state index in [9.17, 15) is 17.8 Å².